The number of fused-ring (bicyclic) bond motifs is 10. The van der Waals surface area contributed by atoms with Gasteiger partial charge in [0.1, 0.15) is 0 Å². The normalized spacial score (nSPS) is 81.0. The molecule has 0 bridgehead atoms. The first-order chi connectivity index (χ1) is 11.6. The second-order valence-electron chi connectivity index (χ2n) is 12.6. The Morgan fingerprint density at radius 3 is 1.23 bits per heavy atom. The molecule has 10 fully saturated rings. The van der Waals surface area contributed by atoms with Crippen molar-refractivity contribution in [3.63, 3.8) is 0 Å². The Kier molecular flexibility index (Phi) is 0.777. The Balaban J connectivity index is 0.000000557. The number of rotatable bonds is 3. The van der Waals surface area contributed by atoms with E-state index in [9.17, 15) is 0 Å². The van der Waals surface area contributed by atoms with Gasteiger partial charge >= 0.3 is 133 Å². The van der Waals surface area contributed by atoms with E-state index < -0.39 is 6.51 Å². The molecule has 4 heteroatoms. The van der Waals surface area contributed by atoms with Crippen LogP contribution in [-0.4, -0.2) is 4.05 Å². The zero-order chi connectivity index (χ0) is 14.8. The van der Waals surface area contributed by atoms with E-state index in [4.69, 9.17) is 0 Å². The Hall–Kier alpha value is -0.0305. The predicted octanol–water partition coefficient (Wildman–Crippen LogP) is 6.26. The van der Waals surface area contributed by atoms with Crippen molar-refractivity contribution in [1.82, 2.24) is 0 Å². The fourth-order valence-corrected chi connectivity index (χ4v) is 107. The average molecular weight is 443 g/mol. The quantitative estimate of drug-likeness (QED) is 0.388. The van der Waals surface area contributed by atoms with E-state index in [0.29, 0.717) is 0 Å². The molecule has 0 nitrogen and oxygen atoms in total. The van der Waals surface area contributed by atoms with Crippen LogP contribution in [0.25, 0.3) is 0 Å². The third-order valence-electron chi connectivity index (χ3n) is 17.0. The molecule has 0 aromatic heterocycles. The van der Waals surface area contributed by atoms with Gasteiger partial charge in [0.2, 0.25) is 0 Å². The molecule has 136 valence electrons. The van der Waals surface area contributed by atoms with Crippen LogP contribution in [0.15, 0.2) is 60.7 Å². The Bertz CT molecular complexity index is 1320. The average Bonchev–Trinajstić information content (AvgIpc) is 3.57. The van der Waals surface area contributed by atoms with E-state index in [2.05, 4.69) is 60.7 Å². The van der Waals surface area contributed by atoms with Crippen LogP contribution in [0.1, 0.15) is 0 Å². The molecule has 26 heavy (non-hydrogen) atoms. The van der Waals surface area contributed by atoms with Gasteiger partial charge in [0.15, 0.2) is 0 Å². The summed E-state index contributed by atoms with van der Waals surface area (Å²) < 4.78 is 0.983. The van der Waals surface area contributed by atoms with Gasteiger partial charge < -0.3 is 0 Å². The molecule has 10 aliphatic rings. The number of hydrogen-bond donors (Lipinski definition) is 0. The van der Waals surface area contributed by atoms with E-state index in [1.165, 1.54) is 43.3 Å². The summed E-state index contributed by atoms with van der Waals surface area (Å²) in [5.41, 5.74) is 0. The minimum absolute atomic E-state index is 0. The molecule has 0 N–H and O–H groups in total. The SMILES string of the molecule is Cl.Cl.c1ccc(P(c2ccccc2)[C]23[CH]4[CH]5[CH]6[CH]2[Fe]56432789[CH]3[CH]2[CH]7[CH]8[CH]39)cc1. The summed E-state index contributed by atoms with van der Waals surface area (Å²) in [5.74, 6) is 0. The molecule has 10 saturated heterocycles. The summed E-state index contributed by atoms with van der Waals surface area (Å²) in [7, 11) is -0.0683. The van der Waals surface area contributed by atoms with Gasteiger partial charge in [0, 0.05) is 0 Å². The van der Waals surface area contributed by atoms with Crippen LogP contribution in [0, 0.1) is 0 Å². The summed E-state index contributed by atoms with van der Waals surface area (Å²) in [6.45, 7) is -3.05. The molecule has 10 aliphatic heterocycles. The van der Waals surface area contributed by atoms with Gasteiger partial charge in [-0.15, -0.1) is 24.8 Å². The third-order valence-corrected chi connectivity index (χ3v) is 66.3. The van der Waals surface area contributed by atoms with E-state index in [1.807, 2.05) is 0 Å². The van der Waals surface area contributed by atoms with Gasteiger partial charge in [-0.25, -0.2) is 0 Å². The van der Waals surface area contributed by atoms with Gasteiger partial charge in [-0.05, 0) is 0 Å². The standard InChI is InChI=1S/C17H14P.C5H5.2ClH.Fe/c1-3-9-15(10-4-1)18(17-13-7-8-14-17)16-11-5-2-6-12-16;1-2-4-5-3-1;;;/h1-14H;1-5H;2*1H;. The van der Waals surface area contributed by atoms with Crippen molar-refractivity contribution >= 4 is 43.3 Å². The fraction of sp³-hybridized carbons (Fsp3) is 0.455. The molecule has 0 aliphatic carbocycles. The summed E-state index contributed by atoms with van der Waals surface area (Å²) in [6, 6.07) is 23.7. The van der Waals surface area contributed by atoms with Crippen molar-refractivity contribution in [2.75, 3.05) is 0 Å². The van der Waals surface area contributed by atoms with Crippen LogP contribution < -0.4 is 10.6 Å². The van der Waals surface area contributed by atoms with E-state index in [1.54, 1.807) is 10.6 Å². The van der Waals surface area contributed by atoms with Crippen LogP contribution in [0.2, 0.25) is 43.3 Å². The third kappa shape index (κ3) is 0.214. The first kappa shape index (κ1) is 13.2. The topological polar surface area (TPSA) is 0 Å². The van der Waals surface area contributed by atoms with Crippen LogP contribution in [0.5, 0.6) is 0 Å². The Morgan fingerprint density at radius 2 is 0.962 bits per heavy atom. The predicted molar refractivity (Wildman–Crippen MR) is 110 cm³/mol. The first-order valence-corrected chi connectivity index (χ1v) is 17.4. The van der Waals surface area contributed by atoms with Crippen LogP contribution in [-0.2, 0) is 6.51 Å². The summed E-state index contributed by atoms with van der Waals surface area (Å²) in [5, 5.41) is 3.48. The molecule has 12 rings (SSSR count). The van der Waals surface area contributed by atoms with Crippen LogP contribution in [0.4, 0.5) is 0 Å². The molecule has 4 atom stereocenters. The van der Waals surface area contributed by atoms with E-state index in [-0.39, 0.29) is 32.7 Å². The number of benzene rings is 2. The molecular formula is C22H21Cl2FeP. The van der Waals surface area contributed by atoms with Gasteiger partial charge in [-0.1, -0.05) is 0 Å². The molecule has 4 unspecified atom stereocenters. The van der Waals surface area contributed by atoms with Gasteiger partial charge in [-0.2, -0.15) is 0 Å². The van der Waals surface area contributed by atoms with Gasteiger partial charge in [0.25, 0.3) is 0 Å². The summed E-state index contributed by atoms with van der Waals surface area (Å²) >= 11 is 0. The number of halogens is 2. The van der Waals surface area contributed by atoms with Crippen molar-refractivity contribution in [3.05, 3.63) is 60.7 Å². The van der Waals surface area contributed by atoms with Crippen molar-refractivity contribution in [2.45, 2.75) is 47.4 Å². The van der Waals surface area contributed by atoms with Crippen LogP contribution >= 0.6 is 32.7 Å². The van der Waals surface area contributed by atoms with Crippen molar-refractivity contribution < 1.29 is 6.51 Å². The molecule has 1 spiro atoms. The van der Waals surface area contributed by atoms with Crippen molar-refractivity contribution in [3.8, 4) is 0 Å². The molecule has 10 heterocycles. The summed E-state index contributed by atoms with van der Waals surface area (Å²) in [4.78, 5) is 12.9. The van der Waals surface area contributed by atoms with Crippen molar-refractivity contribution in [1.29, 1.82) is 0 Å². The minimum atomic E-state index is -3.05. The molecule has 0 amide bonds. The maximum atomic E-state index is 2.50. The number of hydrogen-bond acceptors (Lipinski definition) is 0. The second kappa shape index (κ2) is 1.53. The monoisotopic (exact) mass is 442 g/mol. The molecule has 2 aromatic carbocycles. The van der Waals surface area contributed by atoms with E-state index >= 15 is 0 Å². The van der Waals surface area contributed by atoms with Gasteiger partial charge in [-0.3, -0.25) is 0 Å². The zero-order valence-corrected chi connectivity index (χ0v) is 17.7. The zero-order valence-electron chi connectivity index (χ0n) is 14.1. The Labute approximate surface area is 157 Å². The van der Waals surface area contributed by atoms with Crippen LogP contribution in [0.3, 0.4) is 0 Å². The summed E-state index contributed by atoms with van der Waals surface area (Å²) in [6.07, 6.45) is 0. The molecular weight excluding hydrogens is 422 g/mol. The molecule has 2 aromatic rings. The Morgan fingerprint density at radius 1 is 0.577 bits per heavy atom. The van der Waals surface area contributed by atoms with Gasteiger partial charge in [0.05, 0.1) is 0 Å². The maximum absolute atomic E-state index is 3.05. The molecule has 0 saturated carbocycles. The first-order valence-electron chi connectivity index (χ1n) is 9.75. The molecule has 0 radical (unpaired) electrons. The van der Waals surface area contributed by atoms with Crippen molar-refractivity contribution in [2.24, 2.45) is 0 Å². The second-order valence-corrected chi connectivity index (χ2v) is 39.0. The van der Waals surface area contributed by atoms with E-state index in [0.717, 1.165) is 4.05 Å². The fourth-order valence-electron chi connectivity index (χ4n) is 18.4.